The zero-order valence-electron chi connectivity index (χ0n) is 12.6. The average Bonchev–Trinajstić information content (AvgIpc) is 2.94. The molecule has 0 aromatic heterocycles. The van der Waals surface area contributed by atoms with Gasteiger partial charge in [-0.1, -0.05) is 0 Å². The van der Waals surface area contributed by atoms with Crippen LogP contribution in [0.5, 0.6) is 0 Å². The average molecular weight is 275 g/mol. The molecule has 1 fully saturated rings. The van der Waals surface area contributed by atoms with Gasteiger partial charge in [0.05, 0.1) is 0 Å². The highest BCUT2D eigenvalue weighted by Gasteiger charge is 2.24. The Bertz CT molecular complexity index is 442. The van der Waals surface area contributed by atoms with Crippen LogP contribution in [0, 0.1) is 5.92 Å². The van der Waals surface area contributed by atoms with Gasteiger partial charge in [0.25, 0.3) is 5.91 Å². The summed E-state index contributed by atoms with van der Waals surface area (Å²) in [5.41, 5.74) is 1.74. The largest absolute Gasteiger partial charge is 0.388 e. The van der Waals surface area contributed by atoms with Gasteiger partial charge in [-0.2, -0.15) is 0 Å². The lowest BCUT2D eigenvalue weighted by atomic mass is 10.1. The van der Waals surface area contributed by atoms with Crippen LogP contribution in [0.2, 0.25) is 0 Å². The lowest BCUT2D eigenvalue weighted by Gasteiger charge is -2.20. The van der Waals surface area contributed by atoms with E-state index in [0.29, 0.717) is 12.0 Å². The van der Waals surface area contributed by atoms with Gasteiger partial charge in [-0.25, -0.2) is 0 Å². The smallest absolute Gasteiger partial charge is 0.251 e. The zero-order chi connectivity index (χ0) is 14.5. The van der Waals surface area contributed by atoms with Gasteiger partial charge in [0.1, 0.15) is 0 Å². The minimum Gasteiger partial charge on any atom is -0.388 e. The molecule has 1 saturated heterocycles. The zero-order valence-corrected chi connectivity index (χ0v) is 12.6. The van der Waals surface area contributed by atoms with E-state index in [1.807, 2.05) is 31.3 Å². The van der Waals surface area contributed by atoms with Crippen molar-refractivity contribution >= 4 is 11.6 Å². The van der Waals surface area contributed by atoms with Crippen molar-refractivity contribution in [3.05, 3.63) is 29.8 Å². The molecule has 1 heterocycles. The quantitative estimate of drug-likeness (QED) is 0.866. The molecule has 1 atom stereocenters. The van der Waals surface area contributed by atoms with Crippen LogP contribution in [0.1, 0.15) is 30.6 Å². The molecule has 0 saturated carbocycles. The van der Waals surface area contributed by atoms with Crippen LogP contribution in [0.15, 0.2) is 24.3 Å². The SMILES string of the molecule is CNc1ccc(C(=O)NCC2CCN(C(C)C)C2)cc1. The molecule has 0 spiro atoms. The van der Waals surface area contributed by atoms with Gasteiger partial charge in [-0.3, -0.25) is 4.79 Å². The second kappa shape index (κ2) is 6.75. The van der Waals surface area contributed by atoms with Crippen molar-refractivity contribution in [1.29, 1.82) is 0 Å². The van der Waals surface area contributed by atoms with E-state index in [1.54, 1.807) is 0 Å². The minimum absolute atomic E-state index is 0.0238. The molecule has 4 nitrogen and oxygen atoms in total. The van der Waals surface area contributed by atoms with E-state index in [-0.39, 0.29) is 5.91 Å². The third-order valence-corrected chi connectivity index (χ3v) is 4.03. The first-order valence-electron chi connectivity index (χ1n) is 7.40. The van der Waals surface area contributed by atoms with E-state index >= 15 is 0 Å². The number of benzene rings is 1. The Morgan fingerprint density at radius 2 is 2.05 bits per heavy atom. The number of likely N-dealkylation sites (tertiary alicyclic amines) is 1. The van der Waals surface area contributed by atoms with E-state index in [2.05, 4.69) is 29.4 Å². The van der Waals surface area contributed by atoms with Crippen LogP contribution in [0.3, 0.4) is 0 Å². The highest BCUT2D eigenvalue weighted by Crippen LogP contribution is 2.17. The molecule has 1 unspecified atom stereocenters. The molecule has 1 aromatic rings. The number of nitrogens with one attached hydrogen (secondary N) is 2. The van der Waals surface area contributed by atoms with Crippen molar-refractivity contribution in [2.24, 2.45) is 5.92 Å². The Hall–Kier alpha value is -1.55. The second-order valence-corrected chi connectivity index (χ2v) is 5.78. The van der Waals surface area contributed by atoms with Crippen LogP contribution in [0.4, 0.5) is 5.69 Å². The van der Waals surface area contributed by atoms with Crippen molar-refractivity contribution in [3.63, 3.8) is 0 Å². The van der Waals surface area contributed by atoms with E-state index in [9.17, 15) is 4.79 Å². The monoisotopic (exact) mass is 275 g/mol. The van der Waals surface area contributed by atoms with Gasteiger partial charge in [-0.05, 0) is 57.0 Å². The summed E-state index contributed by atoms with van der Waals surface area (Å²) in [7, 11) is 1.87. The third kappa shape index (κ3) is 3.73. The van der Waals surface area contributed by atoms with Gasteiger partial charge in [0.15, 0.2) is 0 Å². The Labute approximate surface area is 121 Å². The molecule has 110 valence electrons. The molecule has 1 amide bonds. The molecule has 20 heavy (non-hydrogen) atoms. The summed E-state index contributed by atoms with van der Waals surface area (Å²) in [5.74, 6) is 0.605. The lowest BCUT2D eigenvalue weighted by Crippen LogP contribution is -2.32. The predicted octanol–water partition coefficient (Wildman–Crippen LogP) is 2.19. The fourth-order valence-electron chi connectivity index (χ4n) is 2.63. The second-order valence-electron chi connectivity index (χ2n) is 5.78. The summed E-state index contributed by atoms with van der Waals surface area (Å²) < 4.78 is 0. The Morgan fingerprint density at radius 1 is 1.35 bits per heavy atom. The van der Waals surface area contributed by atoms with Gasteiger partial charge >= 0.3 is 0 Å². The molecule has 0 bridgehead atoms. The molecule has 1 aliphatic heterocycles. The third-order valence-electron chi connectivity index (χ3n) is 4.03. The van der Waals surface area contributed by atoms with E-state index < -0.39 is 0 Å². The fourth-order valence-corrected chi connectivity index (χ4v) is 2.63. The molecule has 1 aliphatic rings. The number of hydrogen-bond donors (Lipinski definition) is 2. The van der Waals surface area contributed by atoms with Crippen molar-refractivity contribution in [2.45, 2.75) is 26.3 Å². The molecule has 0 radical (unpaired) electrons. The topological polar surface area (TPSA) is 44.4 Å². The predicted molar refractivity (Wildman–Crippen MR) is 83.1 cm³/mol. The maximum absolute atomic E-state index is 12.1. The Morgan fingerprint density at radius 3 is 2.60 bits per heavy atom. The summed E-state index contributed by atoms with van der Waals surface area (Å²) in [6, 6.07) is 8.16. The van der Waals surface area contributed by atoms with Gasteiger partial charge in [0.2, 0.25) is 0 Å². The summed E-state index contributed by atoms with van der Waals surface area (Å²) in [6.07, 6.45) is 1.18. The molecule has 2 rings (SSSR count). The Kier molecular flexibility index (Phi) is 5.01. The standard InChI is InChI=1S/C16H25N3O/c1-12(2)19-9-8-13(11-19)10-18-16(20)14-4-6-15(17-3)7-5-14/h4-7,12-13,17H,8-11H2,1-3H3,(H,18,20). The van der Waals surface area contributed by atoms with Crippen LogP contribution in [-0.4, -0.2) is 43.5 Å². The number of anilines is 1. The van der Waals surface area contributed by atoms with Crippen LogP contribution < -0.4 is 10.6 Å². The summed E-state index contributed by atoms with van der Waals surface area (Å²) in [4.78, 5) is 14.5. The molecule has 0 aliphatic carbocycles. The summed E-state index contributed by atoms with van der Waals surface area (Å²) in [6.45, 7) is 7.47. The number of amides is 1. The van der Waals surface area contributed by atoms with Crippen molar-refractivity contribution in [1.82, 2.24) is 10.2 Å². The van der Waals surface area contributed by atoms with E-state index in [0.717, 1.165) is 30.9 Å². The molecule has 2 N–H and O–H groups in total. The van der Waals surface area contributed by atoms with Crippen LogP contribution >= 0.6 is 0 Å². The van der Waals surface area contributed by atoms with E-state index in [4.69, 9.17) is 0 Å². The van der Waals surface area contributed by atoms with Crippen LogP contribution in [0.25, 0.3) is 0 Å². The molecular formula is C16H25N3O. The normalized spacial score (nSPS) is 19.3. The van der Waals surface area contributed by atoms with E-state index in [1.165, 1.54) is 6.42 Å². The van der Waals surface area contributed by atoms with Crippen molar-refractivity contribution < 1.29 is 4.79 Å². The highest BCUT2D eigenvalue weighted by molar-refractivity contribution is 5.94. The number of nitrogens with zero attached hydrogens (tertiary/aromatic N) is 1. The van der Waals surface area contributed by atoms with Crippen LogP contribution in [-0.2, 0) is 0 Å². The first-order valence-corrected chi connectivity index (χ1v) is 7.40. The Balaban J connectivity index is 1.80. The number of hydrogen-bond acceptors (Lipinski definition) is 3. The number of rotatable bonds is 5. The van der Waals surface area contributed by atoms with Crippen molar-refractivity contribution in [2.75, 3.05) is 32.0 Å². The first-order chi connectivity index (χ1) is 9.60. The summed E-state index contributed by atoms with van der Waals surface area (Å²) in [5, 5.41) is 6.10. The molecule has 1 aromatic carbocycles. The van der Waals surface area contributed by atoms with Gasteiger partial charge in [-0.15, -0.1) is 0 Å². The van der Waals surface area contributed by atoms with Gasteiger partial charge in [0, 0.05) is 37.4 Å². The summed E-state index contributed by atoms with van der Waals surface area (Å²) >= 11 is 0. The molecular weight excluding hydrogens is 250 g/mol. The fraction of sp³-hybridized carbons (Fsp3) is 0.562. The minimum atomic E-state index is 0.0238. The molecule has 4 heteroatoms. The maximum Gasteiger partial charge on any atom is 0.251 e. The maximum atomic E-state index is 12.1. The number of carbonyl (C=O) groups excluding carboxylic acids is 1. The first kappa shape index (κ1) is 14.9. The van der Waals surface area contributed by atoms with Crippen molar-refractivity contribution in [3.8, 4) is 0 Å². The lowest BCUT2D eigenvalue weighted by molar-refractivity contribution is 0.0947. The number of carbonyl (C=O) groups is 1. The van der Waals surface area contributed by atoms with Gasteiger partial charge < -0.3 is 15.5 Å². The highest BCUT2D eigenvalue weighted by atomic mass is 16.1.